The number of sulfonamides is 1. The van der Waals surface area contributed by atoms with Crippen molar-refractivity contribution in [3.05, 3.63) is 60.4 Å². The Morgan fingerprint density at radius 2 is 1.89 bits per heavy atom. The van der Waals surface area contributed by atoms with Gasteiger partial charge in [0.15, 0.2) is 11.5 Å². The highest BCUT2D eigenvalue weighted by molar-refractivity contribution is 7.91. The van der Waals surface area contributed by atoms with Gasteiger partial charge in [-0.2, -0.15) is 4.31 Å². The van der Waals surface area contributed by atoms with Gasteiger partial charge in [0.1, 0.15) is 4.21 Å². The van der Waals surface area contributed by atoms with Gasteiger partial charge in [0.25, 0.3) is 10.0 Å². The number of hydrogen-bond acceptors (Lipinski definition) is 6. The zero-order chi connectivity index (χ0) is 18.4. The second-order valence-corrected chi connectivity index (χ2v) is 9.71. The average Bonchev–Trinajstić information content (AvgIpc) is 3.30. The van der Waals surface area contributed by atoms with Crippen LogP contribution in [0.25, 0.3) is 10.4 Å². The Balaban J connectivity index is 1.35. The molecular formula is C19H16N2O4S2. The second kappa shape index (κ2) is 6.33. The first kappa shape index (κ1) is 16.7. The van der Waals surface area contributed by atoms with E-state index in [1.54, 1.807) is 12.3 Å². The van der Waals surface area contributed by atoms with Crippen molar-refractivity contribution in [1.29, 1.82) is 0 Å². The maximum atomic E-state index is 12.9. The molecule has 0 unspecified atom stereocenters. The quantitative estimate of drug-likeness (QED) is 0.672. The standard InChI is InChI=1S/C19H16N2O4S2/c22-27(23,21-10-14(11-21)15-3-1-2-8-20-15)19-7-6-18(26-19)13-4-5-16-17(9-13)25-12-24-16/h1-9,14H,10-12H2. The number of fused-ring (bicyclic) bond motifs is 1. The third kappa shape index (κ3) is 2.90. The van der Waals surface area contributed by atoms with Crippen LogP contribution in [-0.2, 0) is 10.0 Å². The normalized spacial score (nSPS) is 17.0. The Bertz CT molecular complexity index is 1090. The molecule has 0 bridgehead atoms. The van der Waals surface area contributed by atoms with Gasteiger partial charge in [-0.25, -0.2) is 8.42 Å². The fraction of sp³-hybridized carbons (Fsp3) is 0.211. The molecule has 0 amide bonds. The molecule has 0 aliphatic carbocycles. The highest BCUT2D eigenvalue weighted by Crippen LogP contribution is 2.40. The van der Waals surface area contributed by atoms with Crippen LogP contribution in [0.4, 0.5) is 0 Å². The van der Waals surface area contributed by atoms with Crippen molar-refractivity contribution in [2.75, 3.05) is 19.9 Å². The molecule has 0 N–H and O–H groups in total. The molecule has 2 aliphatic heterocycles. The summed E-state index contributed by atoms with van der Waals surface area (Å²) in [5, 5.41) is 0. The van der Waals surface area contributed by atoms with E-state index in [2.05, 4.69) is 4.98 Å². The van der Waals surface area contributed by atoms with Crippen LogP contribution in [0.15, 0.2) is 58.9 Å². The van der Waals surface area contributed by atoms with Gasteiger partial charge in [0, 0.05) is 35.8 Å². The number of aromatic nitrogens is 1. The molecule has 0 spiro atoms. The monoisotopic (exact) mass is 400 g/mol. The molecule has 0 radical (unpaired) electrons. The number of nitrogens with zero attached hydrogens (tertiary/aromatic N) is 2. The first-order valence-corrected chi connectivity index (χ1v) is 10.8. The van der Waals surface area contributed by atoms with Crippen molar-refractivity contribution in [1.82, 2.24) is 9.29 Å². The van der Waals surface area contributed by atoms with E-state index in [1.807, 2.05) is 42.5 Å². The minimum Gasteiger partial charge on any atom is -0.454 e. The van der Waals surface area contributed by atoms with Gasteiger partial charge in [0.05, 0.1) is 0 Å². The van der Waals surface area contributed by atoms with E-state index in [0.717, 1.165) is 16.1 Å². The molecule has 1 fully saturated rings. The van der Waals surface area contributed by atoms with Gasteiger partial charge >= 0.3 is 0 Å². The number of hydrogen-bond donors (Lipinski definition) is 0. The summed E-state index contributed by atoms with van der Waals surface area (Å²) in [6.45, 7) is 1.16. The third-order valence-corrected chi connectivity index (χ3v) is 8.22. The van der Waals surface area contributed by atoms with E-state index < -0.39 is 10.0 Å². The molecule has 2 aliphatic rings. The van der Waals surface area contributed by atoms with Crippen LogP contribution in [0.5, 0.6) is 11.5 Å². The third-order valence-electron chi connectivity index (χ3n) is 4.79. The zero-order valence-corrected chi connectivity index (χ0v) is 15.9. The largest absolute Gasteiger partial charge is 0.454 e. The molecule has 6 nitrogen and oxygen atoms in total. The summed E-state index contributed by atoms with van der Waals surface area (Å²) >= 11 is 1.27. The summed E-state index contributed by atoms with van der Waals surface area (Å²) in [6.07, 6.45) is 1.74. The lowest BCUT2D eigenvalue weighted by atomic mass is 9.99. The van der Waals surface area contributed by atoms with E-state index >= 15 is 0 Å². The molecule has 3 aromatic rings. The lowest BCUT2D eigenvalue weighted by Crippen LogP contribution is -2.48. The van der Waals surface area contributed by atoms with Crippen LogP contribution in [0, 0.1) is 0 Å². The van der Waals surface area contributed by atoms with E-state index in [-0.39, 0.29) is 12.7 Å². The Hall–Kier alpha value is -2.42. The maximum absolute atomic E-state index is 12.9. The van der Waals surface area contributed by atoms with Crippen LogP contribution in [0.2, 0.25) is 0 Å². The fourth-order valence-electron chi connectivity index (χ4n) is 3.23. The number of ether oxygens (including phenoxy) is 2. The molecule has 2 aromatic heterocycles. The number of benzene rings is 1. The van der Waals surface area contributed by atoms with Crippen LogP contribution in [0.3, 0.4) is 0 Å². The zero-order valence-electron chi connectivity index (χ0n) is 14.2. The first-order valence-electron chi connectivity index (χ1n) is 8.52. The van der Waals surface area contributed by atoms with E-state index in [9.17, 15) is 8.42 Å². The molecule has 138 valence electrons. The highest BCUT2D eigenvalue weighted by atomic mass is 32.2. The van der Waals surface area contributed by atoms with Crippen molar-refractivity contribution in [3.63, 3.8) is 0 Å². The van der Waals surface area contributed by atoms with Gasteiger partial charge in [0.2, 0.25) is 6.79 Å². The lowest BCUT2D eigenvalue weighted by molar-refractivity contribution is 0.174. The molecule has 8 heteroatoms. The summed E-state index contributed by atoms with van der Waals surface area (Å²) in [7, 11) is -3.47. The Morgan fingerprint density at radius 3 is 2.70 bits per heavy atom. The van der Waals surface area contributed by atoms with Crippen LogP contribution < -0.4 is 9.47 Å². The van der Waals surface area contributed by atoms with Crippen LogP contribution in [0.1, 0.15) is 11.6 Å². The summed E-state index contributed by atoms with van der Waals surface area (Å²) in [6, 6.07) is 14.9. The number of rotatable bonds is 4. The van der Waals surface area contributed by atoms with Gasteiger partial charge in [-0.1, -0.05) is 6.07 Å². The molecule has 0 atom stereocenters. The highest BCUT2D eigenvalue weighted by Gasteiger charge is 2.38. The summed E-state index contributed by atoms with van der Waals surface area (Å²) < 4.78 is 38.4. The van der Waals surface area contributed by atoms with Crippen molar-refractivity contribution in [2.24, 2.45) is 0 Å². The summed E-state index contributed by atoms with van der Waals surface area (Å²) in [4.78, 5) is 5.20. The molecule has 0 saturated carbocycles. The smallest absolute Gasteiger partial charge is 0.252 e. The fourth-order valence-corrected chi connectivity index (χ4v) is 6.22. The minimum absolute atomic E-state index is 0.161. The van der Waals surface area contributed by atoms with Crippen LogP contribution in [-0.4, -0.2) is 37.6 Å². The van der Waals surface area contributed by atoms with Crippen molar-refractivity contribution < 1.29 is 17.9 Å². The Morgan fingerprint density at radius 1 is 1.04 bits per heavy atom. The van der Waals surface area contributed by atoms with Gasteiger partial charge in [-0.3, -0.25) is 4.98 Å². The predicted octanol–water partition coefficient (Wildman–Crippen LogP) is 3.33. The molecule has 4 heterocycles. The molecule has 27 heavy (non-hydrogen) atoms. The second-order valence-electron chi connectivity index (χ2n) is 6.46. The van der Waals surface area contributed by atoms with Crippen molar-refractivity contribution in [2.45, 2.75) is 10.1 Å². The van der Waals surface area contributed by atoms with Gasteiger partial charge < -0.3 is 9.47 Å². The average molecular weight is 400 g/mol. The molecule has 1 saturated heterocycles. The summed E-state index contributed by atoms with van der Waals surface area (Å²) in [5.74, 6) is 1.56. The lowest BCUT2D eigenvalue weighted by Gasteiger charge is -2.37. The number of pyridine rings is 1. The minimum atomic E-state index is -3.47. The molecular weight excluding hydrogens is 384 g/mol. The molecule has 1 aromatic carbocycles. The van der Waals surface area contributed by atoms with E-state index in [0.29, 0.717) is 28.8 Å². The first-order chi connectivity index (χ1) is 13.1. The maximum Gasteiger partial charge on any atom is 0.252 e. The van der Waals surface area contributed by atoms with Crippen LogP contribution >= 0.6 is 11.3 Å². The topological polar surface area (TPSA) is 68.7 Å². The van der Waals surface area contributed by atoms with E-state index in [1.165, 1.54) is 15.6 Å². The molecule has 5 rings (SSSR count). The summed E-state index contributed by atoms with van der Waals surface area (Å²) in [5.41, 5.74) is 1.86. The Kier molecular flexibility index (Phi) is 3.92. The SMILES string of the molecule is O=S(=O)(c1ccc(-c2ccc3c(c2)OCO3)s1)N1CC(c2ccccn2)C1. The van der Waals surface area contributed by atoms with Crippen molar-refractivity contribution >= 4 is 21.4 Å². The number of thiophene rings is 1. The Labute approximate surface area is 161 Å². The van der Waals surface area contributed by atoms with Gasteiger partial charge in [-0.15, -0.1) is 11.3 Å². The van der Waals surface area contributed by atoms with Gasteiger partial charge in [-0.05, 0) is 48.0 Å². The van der Waals surface area contributed by atoms with E-state index in [4.69, 9.17) is 9.47 Å². The predicted molar refractivity (Wildman–Crippen MR) is 102 cm³/mol. The van der Waals surface area contributed by atoms with Crippen molar-refractivity contribution in [3.8, 4) is 21.9 Å².